The van der Waals surface area contributed by atoms with E-state index in [0.717, 1.165) is 0 Å². The molecule has 0 aliphatic rings. The predicted molar refractivity (Wildman–Crippen MR) is 174 cm³/mol. The largest absolute Gasteiger partial charge is 0.0854 e. The Kier molecular flexibility index (Phi) is 23.7. The van der Waals surface area contributed by atoms with E-state index in [-0.39, 0.29) is 0 Å². The van der Waals surface area contributed by atoms with Crippen molar-refractivity contribution in [2.24, 2.45) is 0 Å². The number of aryl methyl sites for hydroxylation is 2. The quantitative estimate of drug-likeness (QED) is 0.0838. The molecule has 0 spiro atoms. The van der Waals surface area contributed by atoms with Crippen LogP contribution >= 0.6 is 0 Å². The number of benzene rings is 1. The van der Waals surface area contributed by atoms with Crippen molar-refractivity contribution in [3.05, 3.63) is 58.7 Å². The van der Waals surface area contributed by atoms with Crippen molar-refractivity contribution in [1.29, 1.82) is 0 Å². The Labute approximate surface area is 240 Å². The molecule has 0 radical (unpaired) electrons. The van der Waals surface area contributed by atoms with Gasteiger partial charge in [0, 0.05) is 0 Å². The molecule has 0 heterocycles. The molecule has 1 aromatic carbocycles. The Bertz CT molecular complexity index is 616. The van der Waals surface area contributed by atoms with Crippen molar-refractivity contribution in [2.45, 2.75) is 182 Å². The number of unbranched alkanes of at least 4 members (excludes halogenated alkanes) is 16. The molecule has 0 fully saturated rings. The molecule has 38 heavy (non-hydrogen) atoms. The van der Waals surface area contributed by atoms with Gasteiger partial charge in [0.2, 0.25) is 0 Å². The molecule has 0 saturated carbocycles. The Morgan fingerprint density at radius 3 is 0.947 bits per heavy atom. The molecule has 0 nitrogen and oxygen atoms in total. The van der Waals surface area contributed by atoms with E-state index in [9.17, 15) is 0 Å². The topological polar surface area (TPSA) is 0 Å². The molecule has 0 saturated heterocycles. The molecule has 1 rings (SSSR count). The fourth-order valence-corrected chi connectivity index (χ4v) is 5.63. The Balaban J connectivity index is 1.92. The van der Waals surface area contributed by atoms with Crippen molar-refractivity contribution in [2.75, 3.05) is 0 Å². The summed E-state index contributed by atoms with van der Waals surface area (Å²) >= 11 is 0. The van der Waals surface area contributed by atoms with Gasteiger partial charge in [-0.15, -0.1) is 0 Å². The predicted octanol–water partition coefficient (Wildman–Crippen LogP) is 13.3. The van der Waals surface area contributed by atoms with E-state index in [0.29, 0.717) is 0 Å². The summed E-state index contributed by atoms with van der Waals surface area (Å²) in [4.78, 5) is 0. The lowest BCUT2D eigenvalue weighted by Gasteiger charge is -2.06. The van der Waals surface area contributed by atoms with E-state index < -0.39 is 0 Å². The first-order chi connectivity index (χ1) is 18.7. The molecule has 0 bridgehead atoms. The van der Waals surface area contributed by atoms with Gasteiger partial charge in [-0.3, -0.25) is 0 Å². The molecule has 0 unspecified atom stereocenters. The minimum absolute atomic E-state index is 1.23. The van der Waals surface area contributed by atoms with Crippen LogP contribution in [0.15, 0.2) is 47.6 Å². The van der Waals surface area contributed by atoms with Crippen molar-refractivity contribution in [1.82, 2.24) is 0 Å². The van der Waals surface area contributed by atoms with E-state index in [4.69, 9.17) is 0 Å². The van der Waals surface area contributed by atoms with Gasteiger partial charge in [0.15, 0.2) is 0 Å². The molecular formula is C38H66. The number of hydrogen-bond donors (Lipinski definition) is 0. The maximum Gasteiger partial charge on any atom is -0.0279 e. The Morgan fingerprint density at radius 1 is 0.395 bits per heavy atom. The highest BCUT2D eigenvalue weighted by molar-refractivity contribution is 5.22. The maximum atomic E-state index is 2.49. The zero-order chi connectivity index (χ0) is 27.5. The summed E-state index contributed by atoms with van der Waals surface area (Å²) in [5.41, 5.74) is 6.36. The van der Waals surface area contributed by atoms with Gasteiger partial charge >= 0.3 is 0 Å². The summed E-state index contributed by atoms with van der Waals surface area (Å²) in [5, 5.41) is 0. The first-order valence-corrected chi connectivity index (χ1v) is 17.2. The third-order valence-corrected chi connectivity index (χ3v) is 8.54. The van der Waals surface area contributed by atoms with Gasteiger partial charge in [-0.25, -0.2) is 0 Å². The second-order valence-corrected chi connectivity index (χ2v) is 11.7. The molecule has 1 aromatic rings. The number of rotatable bonds is 26. The van der Waals surface area contributed by atoms with Gasteiger partial charge in [0.25, 0.3) is 0 Å². The summed E-state index contributed by atoms with van der Waals surface area (Å²) < 4.78 is 0. The summed E-state index contributed by atoms with van der Waals surface area (Å²) in [6.45, 7) is 9.13. The first-order valence-electron chi connectivity index (χ1n) is 17.2. The van der Waals surface area contributed by atoms with Crippen LogP contribution in [0, 0.1) is 0 Å². The van der Waals surface area contributed by atoms with Crippen LogP contribution in [-0.4, -0.2) is 0 Å². The van der Waals surface area contributed by atoms with Crippen LogP contribution in [-0.2, 0) is 12.8 Å². The van der Waals surface area contributed by atoms with E-state index >= 15 is 0 Å². The number of allylic oxidation sites excluding steroid dienone is 4. The molecule has 0 aliphatic heterocycles. The summed E-state index contributed by atoms with van der Waals surface area (Å²) in [5.74, 6) is 0. The molecule has 0 heteroatoms. The van der Waals surface area contributed by atoms with Gasteiger partial charge in [-0.05, 0) is 88.2 Å². The highest BCUT2D eigenvalue weighted by Gasteiger charge is 1.99. The second kappa shape index (κ2) is 26.0. The molecule has 0 atom stereocenters. The lowest BCUT2D eigenvalue weighted by Crippen LogP contribution is -1.90. The first kappa shape index (κ1) is 34.7. The van der Waals surface area contributed by atoms with E-state index in [1.807, 2.05) is 0 Å². The molecule has 0 aromatic heterocycles. The molecule has 0 amide bonds. The molecular weight excluding hydrogens is 456 g/mol. The minimum atomic E-state index is 1.23. The van der Waals surface area contributed by atoms with Crippen LogP contribution in [0.3, 0.4) is 0 Å². The maximum absolute atomic E-state index is 2.49. The Hall–Kier alpha value is -1.30. The molecule has 0 aliphatic carbocycles. The second-order valence-electron chi connectivity index (χ2n) is 11.7. The molecule has 218 valence electrons. The average molecular weight is 523 g/mol. The summed E-state index contributed by atoms with van der Waals surface area (Å²) in [7, 11) is 0. The third-order valence-electron chi connectivity index (χ3n) is 8.54. The lowest BCUT2D eigenvalue weighted by atomic mass is 10.0. The number of hydrogen-bond acceptors (Lipinski definition) is 0. The van der Waals surface area contributed by atoms with Crippen LogP contribution in [0.25, 0.3) is 0 Å². The standard InChI is InChI=1S/C38H66/c1-5-35(6-2)27-23-19-15-11-9-13-17-21-25-29-37-31-33-38(34-32-37)30-26-22-18-14-10-12-16-20-24-28-36(7-3)8-4/h27-28,31-34H,5-26,29-30H2,1-4H3. The molecule has 0 N–H and O–H groups in total. The van der Waals surface area contributed by atoms with Crippen LogP contribution < -0.4 is 0 Å². The zero-order valence-corrected chi connectivity index (χ0v) is 26.4. The van der Waals surface area contributed by atoms with Gasteiger partial charge in [0.05, 0.1) is 0 Å². The van der Waals surface area contributed by atoms with Crippen LogP contribution in [0.4, 0.5) is 0 Å². The fourth-order valence-electron chi connectivity index (χ4n) is 5.63. The van der Waals surface area contributed by atoms with Crippen LogP contribution in [0.2, 0.25) is 0 Å². The highest BCUT2D eigenvalue weighted by Crippen LogP contribution is 2.16. The van der Waals surface area contributed by atoms with Gasteiger partial charge < -0.3 is 0 Å². The monoisotopic (exact) mass is 523 g/mol. The average Bonchev–Trinajstić information content (AvgIpc) is 2.95. The van der Waals surface area contributed by atoms with E-state index in [2.05, 4.69) is 64.1 Å². The minimum Gasteiger partial charge on any atom is -0.0854 e. The Morgan fingerprint density at radius 2 is 0.658 bits per heavy atom. The third kappa shape index (κ3) is 19.7. The fraction of sp³-hybridized carbons (Fsp3) is 0.737. The van der Waals surface area contributed by atoms with Gasteiger partial charge in [0.1, 0.15) is 0 Å². The summed E-state index contributed by atoms with van der Waals surface area (Å²) in [6, 6.07) is 9.58. The van der Waals surface area contributed by atoms with Crippen molar-refractivity contribution < 1.29 is 0 Å². The SMILES string of the molecule is CCC(=CCCCCCCCCCCc1ccc(CCCCCCCCCCC=C(CC)CC)cc1)CC. The van der Waals surface area contributed by atoms with E-state index in [1.54, 1.807) is 11.1 Å². The highest BCUT2D eigenvalue weighted by atomic mass is 14.0. The normalized spacial score (nSPS) is 11.1. The zero-order valence-electron chi connectivity index (χ0n) is 26.4. The van der Waals surface area contributed by atoms with E-state index in [1.165, 1.54) is 165 Å². The van der Waals surface area contributed by atoms with Gasteiger partial charge in [-0.2, -0.15) is 0 Å². The lowest BCUT2D eigenvalue weighted by molar-refractivity contribution is 0.568. The van der Waals surface area contributed by atoms with Crippen LogP contribution in [0.5, 0.6) is 0 Å². The van der Waals surface area contributed by atoms with Crippen molar-refractivity contribution in [3.63, 3.8) is 0 Å². The van der Waals surface area contributed by atoms with Crippen molar-refractivity contribution in [3.8, 4) is 0 Å². The van der Waals surface area contributed by atoms with Crippen molar-refractivity contribution >= 4 is 0 Å². The summed E-state index contributed by atoms with van der Waals surface area (Å²) in [6.07, 6.45) is 37.6. The van der Waals surface area contributed by atoms with Gasteiger partial charge in [-0.1, -0.05) is 152 Å². The smallest absolute Gasteiger partial charge is 0.0279 e. The van der Waals surface area contributed by atoms with Crippen LogP contribution in [0.1, 0.15) is 180 Å².